The van der Waals surface area contributed by atoms with E-state index in [-0.39, 0.29) is 12.0 Å². The van der Waals surface area contributed by atoms with Crippen LogP contribution in [0.1, 0.15) is 24.9 Å². The van der Waals surface area contributed by atoms with Gasteiger partial charge in [0.25, 0.3) is 0 Å². The van der Waals surface area contributed by atoms with Crippen molar-refractivity contribution in [1.29, 1.82) is 0 Å². The van der Waals surface area contributed by atoms with Gasteiger partial charge in [0.1, 0.15) is 0 Å². The first-order chi connectivity index (χ1) is 6.63. The fraction of sp³-hybridized carbons (Fsp3) is 0.300. The van der Waals surface area contributed by atoms with E-state index in [1.165, 1.54) is 0 Å². The number of aliphatic imine (C=N–C) groups is 1. The zero-order valence-electron chi connectivity index (χ0n) is 8.07. The summed E-state index contributed by atoms with van der Waals surface area (Å²) in [5.74, 6) is 0.136. The largest absolute Gasteiger partial charge is 0.370 e. The topological polar surface area (TPSA) is 64.4 Å². The van der Waals surface area contributed by atoms with Gasteiger partial charge in [-0.2, -0.15) is 0 Å². The summed E-state index contributed by atoms with van der Waals surface area (Å²) in [6.45, 7) is 2.05. The minimum Gasteiger partial charge on any atom is -0.370 e. The summed E-state index contributed by atoms with van der Waals surface area (Å²) in [4.78, 5) is 4.16. The Morgan fingerprint density at radius 2 is 2.21 bits per heavy atom. The predicted molar refractivity (Wildman–Crippen MR) is 63.0 cm³/mol. The van der Waals surface area contributed by atoms with Crippen molar-refractivity contribution in [2.24, 2.45) is 16.5 Å². The van der Waals surface area contributed by atoms with Crippen molar-refractivity contribution in [2.45, 2.75) is 19.4 Å². The molecule has 76 valence electrons. The predicted octanol–water partition coefficient (Wildman–Crippen LogP) is 2.17. The lowest BCUT2D eigenvalue weighted by atomic mass is 10.1. The summed E-state index contributed by atoms with van der Waals surface area (Å²) in [5, 5.41) is 0. The van der Waals surface area contributed by atoms with E-state index in [1.807, 2.05) is 24.3 Å². The third-order valence-corrected chi connectivity index (χ3v) is 2.42. The Labute approximate surface area is 92.3 Å². The van der Waals surface area contributed by atoms with Gasteiger partial charge in [-0.05, 0) is 24.1 Å². The average molecular weight is 256 g/mol. The highest BCUT2D eigenvalue weighted by atomic mass is 79.9. The number of rotatable bonds is 3. The van der Waals surface area contributed by atoms with Gasteiger partial charge in [-0.3, -0.25) is 0 Å². The molecular formula is C10H14BrN3. The molecule has 4 N–H and O–H groups in total. The molecule has 0 spiro atoms. The van der Waals surface area contributed by atoms with Crippen molar-refractivity contribution in [2.75, 3.05) is 0 Å². The molecule has 0 amide bonds. The fourth-order valence-corrected chi connectivity index (χ4v) is 1.71. The van der Waals surface area contributed by atoms with Crippen LogP contribution in [0.5, 0.6) is 0 Å². The van der Waals surface area contributed by atoms with Gasteiger partial charge in [0.05, 0.1) is 6.04 Å². The van der Waals surface area contributed by atoms with Crippen LogP contribution in [0.15, 0.2) is 33.7 Å². The second-order valence-corrected chi connectivity index (χ2v) is 3.95. The molecule has 0 fully saturated rings. The van der Waals surface area contributed by atoms with Gasteiger partial charge in [0, 0.05) is 4.47 Å². The van der Waals surface area contributed by atoms with Crippen LogP contribution >= 0.6 is 15.9 Å². The molecule has 0 unspecified atom stereocenters. The van der Waals surface area contributed by atoms with Crippen molar-refractivity contribution in [3.8, 4) is 0 Å². The molecule has 14 heavy (non-hydrogen) atoms. The van der Waals surface area contributed by atoms with E-state index < -0.39 is 0 Å². The van der Waals surface area contributed by atoms with Crippen LogP contribution in [0.25, 0.3) is 0 Å². The lowest BCUT2D eigenvalue weighted by Gasteiger charge is -2.10. The molecule has 0 saturated heterocycles. The van der Waals surface area contributed by atoms with Crippen LogP contribution in [0.4, 0.5) is 0 Å². The number of halogens is 1. The molecule has 1 aromatic rings. The van der Waals surface area contributed by atoms with Gasteiger partial charge in [0.15, 0.2) is 5.96 Å². The summed E-state index contributed by atoms with van der Waals surface area (Å²) < 4.78 is 1.04. The zero-order valence-corrected chi connectivity index (χ0v) is 9.66. The minimum atomic E-state index is 0.0532. The first kappa shape index (κ1) is 11.0. The van der Waals surface area contributed by atoms with E-state index in [0.29, 0.717) is 0 Å². The van der Waals surface area contributed by atoms with Crippen molar-refractivity contribution in [3.05, 3.63) is 34.3 Å². The van der Waals surface area contributed by atoms with Gasteiger partial charge in [-0.1, -0.05) is 35.0 Å². The molecule has 1 aromatic carbocycles. The van der Waals surface area contributed by atoms with Crippen molar-refractivity contribution in [3.63, 3.8) is 0 Å². The molecule has 1 rings (SSSR count). The van der Waals surface area contributed by atoms with E-state index in [9.17, 15) is 0 Å². The maximum atomic E-state index is 5.36. The van der Waals surface area contributed by atoms with Crippen LogP contribution in [0.3, 0.4) is 0 Å². The summed E-state index contributed by atoms with van der Waals surface area (Å²) >= 11 is 3.41. The highest BCUT2D eigenvalue weighted by Gasteiger charge is 2.07. The summed E-state index contributed by atoms with van der Waals surface area (Å²) in [5.41, 5.74) is 11.8. The summed E-state index contributed by atoms with van der Waals surface area (Å²) in [7, 11) is 0. The molecule has 0 aliphatic heterocycles. The molecular weight excluding hydrogens is 242 g/mol. The van der Waals surface area contributed by atoms with Crippen molar-refractivity contribution < 1.29 is 0 Å². The molecule has 0 radical (unpaired) electrons. The van der Waals surface area contributed by atoms with Gasteiger partial charge >= 0.3 is 0 Å². The SMILES string of the molecule is CC[C@@H](N=C(N)N)c1cccc(Br)c1. The molecule has 4 heteroatoms. The number of guanidine groups is 1. The third kappa shape index (κ3) is 3.03. The number of hydrogen-bond donors (Lipinski definition) is 2. The Hall–Kier alpha value is -1.03. The van der Waals surface area contributed by atoms with Crippen LogP contribution in [-0.4, -0.2) is 5.96 Å². The number of nitrogens with two attached hydrogens (primary N) is 2. The fourth-order valence-electron chi connectivity index (χ4n) is 1.30. The van der Waals surface area contributed by atoms with Crippen LogP contribution in [-0.2, 0) is 0 Å². The van der Waals surface area contributed by atoms with E-state index in [4.69, 9.17) is 11.5 Å². The molecule has 0 saturated carbocycles. The molecule has 0 heterocycles. The molecule has 1 atom stereocenters. The van der Waals surface area contributed by atoms with Gasteiger partial charge < -0.3 is 11.5 Å². The highest BCUT2D eigenvalue weighted by molar-refractivity contribution is 9.10. The number of nitrogens with zero attached hydrogens (tertiary/aromatic N) is 1. The van der Waals surface area contributed by atoms with E-state index in [2.05, 4.69) is 27.8 Å². The molecule has 0 bridgehead atoms. The molecule has 0 aliphatic rings. The number of benzene rings is 1. The number of hydrogen-bond acceptors (Lipinski definition) is 1. The van der Waals surface area contributed by atoms with Crippen LogP contribution in [0.2, 0.25) is 0 Å². The smallest absolute Gasteiger partial charge is 0.186 e. The Balaban J connectivity index is 2.95. The van der Waals surface area contributed by atoms with E-state index in [0.717, 1.165) is 16.5 Å². The quantitative estimate of drug-likeness (QED) is 0.643. The van der Waals surface area contributed by atoms with Crippen molar-refractivity contribution >= 4 is 21.9 Å². The minimum absolute atomic E-state index is 0.0532. The normalized spacial score (nSPS) is 12.1. The average Bonchev–Trinajstić information content (AvgIpc) is 2.14. The maximum Gasteiger partial charge on any atom is 0.186 e. The zero-order chi connectivity index (χ0) is 10.6. The molecule has 3 nitrogen and oxygen atoms in total. The Kier molecular flexibility index (Phi) is 3.95. The standard InChI is InChI=1S/C10H14BrN3/c1-2-9(14-10(12)13)7-4-3-5-8(11)6-7/h3-6,9H,2H2,1H3,(H4,12,13,14)/t9-/m1/s1. The lowest BCUT2D eigenvalue weighted by molar-refractivity contribution is 0.698. The molecule has 0 aliphatic carbocycles. The van der Waals surface area contributed by atoms with Gasteiger partial charge in [-0.15, -0.1) is 0 Å². The Morgan fingerprint density at radius 1 is 1.50 bits per heavy atom. The second kappa shape index (κ2) is 5.00. The van der Waals surface area contributed by atoms with E-state index in [1.54, 1.807) is 0 Å². The van der Waals surface area contributed by atoms with E-state index >= 15 is 0 Å². The maximum absolute atomic E-state index is 5.36. The van der Waals surface area contributed by atoms with Crippen LogP contribution < -0.4 is 11.5 Å². The summed E-state index contributed by atoms with van der Waals surface area (Å²) in [6, 6.07) is 8.06. The Bertz CT molecular complexity index is 332. The van der Waals surface area contributed by atoms with Gasteiger partial charge in [0.2, 0.25) is 0 Å². The highest BCUT2D eigenvalue weighted by Crippen LogP contribution is 2.23. The second-order valence-electron chi connectivity index (χ2n) is 3.03. The summed E-state index contributed by atoms with van der Waals surface area (Å²) in [6.07, 6.45) is 0.883. The molecule has 0 aromatic heterocycles. The van der Waals surface area contributed by atoms with Crippen molar-refractivity contribution in [1.82, 2.24) is 0 Å². The Morgan fingerprint density at radius 3 is 2.71 bits per heavy atom. The first-order valence-electron chi connectivity index (χ1n) is 4.47. The lowest BCUT2D eigenvalue weighted by Crippen LogP contribution is -2.23. The third-order valence-electron chi connectivity index (χ3n) is 1.93. The monoisotopic (exact) mass is 255 g/mol. The first-order valence-corrected chi connectivity index (χ1v) is 5.27. The van der Waals surface area contributed by atoms with Gasteiger partial charge in [-0.25, -0.2) is 4.99 Å². The van der Waals surface area contributed by atoms with Crippen LogP contribution in [0, 0.1) is 0 Å².